The molecule has 0 fully saturated rings. The van der Waals surface area contributed by atoms with Gasteiger partial charge in [-0.1, -0.05) is 29.5 Å². The predicted octanol–water partition coefficient (Wildman–Crippen LogP) is 2.81. The first-order valence-corrected chi connectivity index (χ1v) is 5.40. The molecule has 2 aromatic rings. The molecular formula is C11H10N2OS. The molecular weight excluding hydrogens is 208 g/mol. The molecule has 0 aliphatic rings. The largest absolute Gasteiger partial charge is 0.298 e. The molecule has 0 bridgehead atoms. The molecule has 0 aliphatic carbocycles. The molecule has 1 N–H and O–H groups in total. The number of nitrogens with zero attached hydrogens (tertiary/aromatic N) is 1. The number of fused-ring (bicyclic) bond motifs is 1. The van der Waals surface area contributed by atoms with Gasteiger partial charge in [0.15, 0.2) is 5.13 Å². The van der Waals surface area contributed by atoms with Crippen LogP contribution in [0, 0.1) is 0 Å². The van der Waals surface area contributed by atoms with E-state index >= 15 is 0 Å². The molecule has 0 atom stereocenters. The second-order valence-electron chi connectivity index (χ2n) is 2.98. The number of hydrogen-bond acceptors (Lipinski definition) is 3. The summed E-state index contributed by atoms with van der Waals surface area (Å²) in [5, 5.41) is 3.35. The smallest absolute Gasteiger partial charge is 0.249 e. The Balaban J connectivity index is 2.26. The molecule has 1 amide bonds. The second-order valence-corrected chi connectivity index (χ2v) is 4.01. The van der Waals surface area contributed by atoms with Gasteiger partial charge in [-0.05, 0) is 25.1 Å². The van der Waals surface area contributed by atoms with Crippen LogP contribution < -0.4 is 5.32 Å². The molecule has 0 saturated heterocycles. The van der Waals surface area contributed by atoms with E-state index in [9.17, 15) is 4.79 Å². The SMILES string of the molecule is C/C=C/C(=O)Nc1nc2ccccc2s1. The summed E-state index contributed by atoms with van der Waals surface area (Å²) < 4.78 is 1.08. The van der Waals surface area contributed by atoms with Crippen molar-refractivity contribution in [2.45, 2.75) is 6.92 Å². The summed E-state index contributed by atoms with van der Waals surface area (Å²) in [5.41, 5.74) is 0.915. The third-order valence-electron chi connectivity index (χ3n) is 1.84. The Hall–Kier alpha value is -1.68. The van der Waals surface area contributed by atoms with Crippen LogP contribution in [0.1, 0.15) is 6.92 Å². The predicted molar refractivity (Wildman–Crippen MR) is 63.1 cm³/mol. The molecule has 0 radical (unpaired) electrons. The zero-order chi connectivity index (χ0) is 10.7. The molecule has 15 heavy (non-hydrogen) atoms. The first-order valence-electron chi connectivity index (χ1n) is 4.59. The summed E-state index contributed by atoms with van der Waals surface area (Å²) in [6, 6.07) is 7.80. The van der Waals surface area contributed by atoms with Gasteiger partial charge in [-0.15, -0.1) is 0 Å². The molecule has 0 spiro atoms. The van der Waals surface area contributed by atoms with Gasteiger partial charge in [0.25, 0.3) is 0 Å². The van der Waals surface area contributed by atoms with Gasteiger partial charge < -0.3 is 0 Å². The minimum Gasteiger partial charge on any atom is -0.298 e. The molecule has 0 aliphatic heterocycles. The van der Waals surface area contributed by atoms with Crippen molar-refractivity contribution in [1.29, 1.82) is 0 Å². The number of nitrogens with one attached hydrogen (secondary N) is 1. The number of anilines is 1. The average Bonchev–Trinajstić information content (AvgIpc) is 2.59. The standard InChI is InChI=1S/C11H10N2OS/c1-2-5-10(14)13-11-12-8-6-3-4-7-9(8)15-11/h2-7H,1H3,(H,12,13,14)/b5-2+. The van der Waals surface area contributed by atoms with E-state index in [0.717, 1.165) is 10.2 Å². The number of allylic oxidation sites excluding steroid dienone is 1. The summed E-state index contributed by atoms with van der Waals surface area (Å²) in [4.78, 5) is 15.5. The first kappa shape index (κ1) is 9.86. The van der Waals surface area contributed by atoms with Crippen LogP contribution in [0.5, 0.6) is 0 Å². The second kappa shape index (κ2) is 4.23. The van der Waals surface area contributed by atoms with Gasteiger partial charge in [0.05, 0.1) is 10.2 Å². The minimum atomic E-state index is -0.142. The Morgan fingerprint density at radius 3 is 3.00 bits per heavy atom. The highest BCUT2D eigenvalue weighted by molar-refractivity contribution is 7.22. The van der Waals surface area contributed by atoms with Crippen LogP contribution in [0.2, 0.25) is 0 Å². The Morgan fingerprint density at radius 1 is 1.47 bits per heavy atom. The molecule has 0 saturated carbocycles. The monoisotopic (exact) mass is 218 g/mol. The third kappa shape index (κ3) is 2.22. The van der Waals surface area contributed by atoms with Gasteiger partial charge in [0.2, 0.25) is 5.91 Å². The van der Waals surface area contributed by atoms with Gasteiger partial charge >= 0.3 is 0 Å². The van der Waals surface area contributed by atoms with Crippen molar-refractivity contribution in [2.24, 2.45) is 0 Å². The summed E-state index contributed by atoms with van der Waals surface area (Å²) in [6.07, 6.45) is 3.18. The summed E-state index contributed by atoms with van der Waals surface area (Å²) >= 11 is 1.47. The van der Waals surface area contributed by atoms with E-state index in [0.29, 0.717) is 5.13 Å². The number of para-hydroxylation sites is 1. The zero-order valence-electron chi connectivity index (χ0n) is 8.23. The van der Waals surface area contributed by atoms with Crippen LogP contribution in [0.25, 0.3) is 10.2 Å². The first-order chi connectivity index (χ1) is 7.29. The van der Waals surface area contributed by atoms with Gasteiger partial charge in [0, 0.05) is 0 Å². The molecule has 2 rings (SSSR count). The highest BCUT2D eigenvalue weighted by atomic mass is 32.1. The van der Waals surface area contributed by atoms with Gasteiger partial charge in [-0.2, -0.15) is 0 Å². The molecule has 3 nitrogen and oxygen atoms in total. The maximum Gasteiger partial charge on any atom is 0.249 e. The van der Waals surface area contributed by atoms with E-state index in [4.69, 9.17) is 0 Å². The Labute approximate surface area is 91.5 Å². The molecule has 76 valence electrons. The highest BCUT2D eigenvalue weighted by Gasteiger charge is 2.04. The van der Waals surface area contributed by atoms with Crippen LogP contribution in [0.15, 0.2) is 36.4 Å². The quantitative estimate of drug-likeness (QED) is 0.787. The van der Waals surface area contributed by atoms with Crippen molar-refractivity contribution in [3.8, 4) is 0 Å². The van der Waals surface area contributed by atoms with E-state index in [-0.39, 0.29) is 5.91 Å². The van der Waals surface area contributed by atoms with Gasteiger partial charge in [-0.25, -0.2) is 4.98 Å². The van der Waals surface area contributed by atoms with E-state index < -0.39 is 0 Å². The topological polar surface area (TPSA) is 42.0 Å². The average molecular weight is 218 g/mol. The minimum absolute atomic E-state index is 0.142. The number of aromatic nitrogens is 1. The molecule has 4 heteroatoms. The van der Waals surface area contributed by atoms with E-state index in [1.165, 1.54) is 17.4 Å². The number of hydrogen-bond donors (Lipinski definition) is 1. The van der Waals surface area contributed by atoms with Crippen molar-refractivity contribution < 1.29 is 4.79 Å². The van der Waals surface area contributed by atoms with Crippen molar-refractivity contribution in [1.82, 2.24) is 4.98 Å². The highest BCUT2D eigenvalue weighted by Crippen LogP contribution is 2.25. The Bertz CT molecular complexity index is 483. The van der Waals surface area contributed by atoms with Crippen LogP contribution in [0.4, 0.5) is 5.13 Å². The lowest BCUT2D eigenvalue weighted by molar-refractivity contribution is -0.111. The number of rotatable bonds is 2. The van der Waals surface area contributed by atoms with Crippen molar-refractivity contribution in [3.63, 3.8) is 0 Å². The van der Waals surface area contributed by atoms with Gasteiger partial charge in [0.1, 0.15) is 0 Å². The Kier molecular flexibility index (Phi) is 2.78. The maximum absolute atomic E-state index is 11.3. The van der Waals surface area contributed by atoms with Crippen LogP contribution in [-0.4, -0.2) is 10.9 Å². The van der Waals surface area contributed by atoms with E-state index in [1.807, 2.05) is 24.3 Å². The molecule has 0 unspecified atom stereocenters. The normalized spacial score (nSPS) is 11.0. The lowest BCUT2D eigenvalue weighted by atomic mass is 10.3. The van der Waals surface area contributed by atoms with Crippen LogP contribution >= 0.6 is 11.3 Å². The third-order valence-corrected chi connectivity index (χ3v) is 2.79. The van der Waals surface area contributed by atoms with Crippen LogP contribution in [0.3, 0.4) is 0 Å². The van der Waals surface area contributed by atoms with Crippen molar-refractivity contribution in [2.75, 3.05) is 5.32 Å². The molecule has 1 heterocycles. The van der Waals surface area contributed by atoms with Gasteiger partial charge in [-0.3, -0.25) is 10.1 Å². The zero-order valence-corrected chi connectivity index (χ0v) is 9.04. The summed E-state index contributed by atoms with van der Waals surface area (Å²) in [6.45, 7) is 1.80. The molecule has 1 aromatic heterocycles. The van der Waals surface area contributed by atoms with Crippen molar-refractivity contribution in [3.05, 3.63) is 36.4 Å². The Morgan fingerprint density at radius 2 is 2.27 bits per heavy atom. The summed E-state index contributed by atoms with van der Waals surface area (Å²) in [7, 11) is 0. The van der Waals surface area contributed by atoms with E-state index in [1.54, 1.807) is 13.0 Å². The van der Waals surface area contributed by atoms with E-state index in [2.05, 4.69) is 10.3 Å². The summed E-state index contributed by atoms with van der Waals surface area (Å²) in [5.74, 6) is -0.142. The molecule has 1 aromatic carbocycles. The number of carbonyl (C=O) groups excluding carboxylic acids is 1. The number of amides is 1. The lowest BCUT2D eigenvalue weighted by Gasteiger charge is -1.93. The maximum atomic E-state index is 11.3. The van der Waals surface area contributed by atoms with Crippen molar-refractivity contribution >= 4 is 32.6 Å². The number of benzene rings is 1. The van der Waals surface area contributed by atoms with Crippen LogP contribution in [-0.2, 0) is 4.79 Å². The number of thiazole rings is 1. The number of carbonyl (C=O) groups is 1. The lowest BCUT2D eigenvalue weighted by Crippen LogP contribution is -2.06. The fourth-order valence-electron chi connectivity index (χ4n) is 1.22. The fraction of sp³-hybridized carbons (Fsp3) is 0.0909. The fourth-order valence-corrected chi connectivity index (χ4v) is 2.09.